The van der Waals surface area contributed by atoms with Crippen LogP contribution in [0.25, 0.3) is 10.9 Å². The third kappa shape index (κ3) is 1.98. The molecule has 1 aromatic heterocycles. The number of fused-ring (bicyclic) bond motifs is 1. The van der Waals surface area contributed by atoms with Crippen molar-refractivity contribution in [3.05, 3.63) is 35.6 Å². The first-order valence-corrected chi connectivity index (χ1v) is 5.51. The molecule has 1 aromatic carbocycles. The zero-order chi connectivity index (χ0) is 11.5. The van der Waals surface area contributed by atoms with Crippen LogP contribution < -0.4 is 5.32 Å². The Kier molecular flexibility index (Phi) is 3.04. The van der Waals surface area contributed by atoms with Gasteiger partial charge in [-0.15, -0.1) is 0 Å². The van der Waals surface area contributed by atoms with Gasteiger partial charge >= 0.3 is 0 Å². The first-order chi connectivity index (χ1) is 7.74. The zero-order valence-electron chi connectivity index (χ0n) is 9.55. The molecule has 0 saturated carbocycles. The number of hydrogen-bond donors (Lipinski definition) is 1. The summed E-state index contributed by atoms with van der Waals surface area (Å²) in [5.74, 6) is 0.676. The molecule has 0 bridgehead atoms. The second kappa shape index (κ2) is 4.47. The highest BCUT2D eigenvalue weighted by atomic mass is 19.1. The van der Waals surface area contributed by atoms with Gasteiger partial charge in [-0.3, -0.25) is 0 Å². The molecule has 2 nitrogen and oxygen atoms in total. The summed E-state index contributed by atoms with van der Waals surface area (Å²) in [4.78, 5) is 4.48. The van der Waals surface area contributed by atoms with Crippen LogP contribution in [0.4, 0.5) is 10.2 Å². The van der Waals surface area contributed by atoms with E-state index in [-0.39, 0.29) is 5.82 Å². The minimum atomic E-state index is -0.214. The smallest absolute Gasteiger partial charge is 0.129 e. The lowest BCUT2D eigenvalue weighted by Gasteiger charge is -2.09. The number of aryl methyl sites for hydroxylation is 1. The third-order valence-electron chi connectivity index (χ3n) is 2.61. The maximum atomic E-state index is 13.1. The van der Waals surface area contributed by atoms with Crippen molar-refractivity contribution in [3.8, 4) is 0 Å². The molecule has 0 fully saturated rings. The van der Waals surface area contributed by atoms with E-state index in [0.29, 0.717) is 0 Å². The molecule has 0 amide bonds. The van der Waals surface area contributed by atoms with Gasteiger partial charge in [0.05, 0.1) is 5.52 Å². The Hall–Kier alpha value is -1.64. The molecule has 0 radical (unpaired) electrons. The van der Waals surface area contributed by atoms with Gasteiger partial charge in [-0.25, -0.2) is 9.37 Å². The summed E-state index contributed by atoms with van der Waals surface area (Å²) in [6.07, 6.45) is 2.01. The fourth-order valence-corrected chi connectivity index (χ4v) is 1.87. The molecule has 0 unspecified atom stereocenters. The van der Waals surface area contributed by atoms with E-state index in [1.807, 2.05) is 13.1 Å². The summed E-state index contributed by atoms with van der Waals surface area (Å²) in [6, 6.07) is 6.69. The molecule has 0 aliphatic carbocycles. The number of pyridine rings is 1. The van der Waals surface area contributed by atoms with Crippen LogP contribution in [-0.4, -0.2) is 12.0 Å². The van der Waals surface area contributed by atoms with E-state index in [4.69, 9.17) is 0 Å². The molecule has 0 atom stereocenters. The van der Waals surface area contributed by atoms with Gasteiger partial charge in [0.25, 0.3) is 0 Å². The van der Waals surface area contributed by atoms with Crippen molar-refractivity contribution >= 4 is 16.7 Å². The van der Waals surface area contributed by atoms with Gasteiger partial charge in [0.2, 0.25) is 0 Å². The van der Waals surface area contributed by atoms with Crippen LogP contribution >= 0.6 is 0 Å². The largest absolute Gasteiger partial charge is 0.373 e. The highest BCUT2D eigenvalue weighted by Crippen LogP contribution is 2.22. The van der Waals surface area contributed by atoms with Crippen molar-refractivity contribution < 1.29 is 4.39 Å². The highest BCUT2D eigenvalue weighted by Gasteiger charge is 2.05. The molecule has 1 N–H and O–H groups in total. The minimum absolute atomic E-state index is 0.214. The zero-order valence-corrected chi connectivity index (χ0v) is 9.55. The van der Waals surface area contributed by atoms with Crippen molar-refractivity contribution in [2.24, 2.45) is 0 Å². The molecular formula is C13H15FN2. The first-order valence-electron chi connectivity index (χ1n) is 5.51. The minimum Gasteiger partial charge on any atom is -0.373 e. The Morgan fingerprint density at radius 1 is 1.31 bits per heavy atom. The predicted octanol–water partition coefficient (Wildman–Crippen LogP) is 3.37. The van der Waals surface area contributed by atoms with E-state index in [0.717, 1.165) is 35.1 Å². The van der Waals surface area contributed by atoms with Gasteiger partial charge in [-0.1, -0.05) is 13.3 Å². The number of nitrogens with zero attached hydrogens (tertiary/aromatic N) is 1. The van der Waals surface area contributed by atoms with E-state index in [1.54, 1.807) is 6.07 Å². The lowest BCUT2D eigenvalue weighted by Crippen LogP contribution is -1.99. The quantitative estimate of drug-likeness (QED) is 0.854. The van der Waals surface area contributed by atoms with Gasteiger partial charge in [0, 0.05) is 12.4 Å². The average molecular weight is 218 g/mol. The van der Waals surface area contributed by atoms with Crippen molar-refractivity contribution in [1.82, 2.24) is 4.98 Å². The third-order valence-corrected chi connectivity index (χ3v) is 2.61. The number of anilines is 1. The first kappa shape index (κ1) is 10.9. The van der Waals surface area contributed by atoms with Crippen LogP contribution in [0.1, 0.15) is 18.9 Å². The maximum absolute atomic E-state index is 13.1. The molecular weight excluding hydrogens is 203 g/mol. The second-order valence-electron chi connectivity index (χ2n) is 3.83. The summed E-state index contributed by atoms with van der Waals surface area (Å²) in [5.41, 5.74) is 1.97. The SMILES string of the molecule is CCCc1cc2cc(F)ccc2nc1NC. The van der Waals surface area contributed by atoms with Crippen molar-refractivity contribution in [1.29, 1.82) is 0 Å². The summed E-state index contributed by atoms with van der Waals surface area (Å²) >= 11 is 0. The molecule has 3 heteroatoms. The second-order valence-corrected chi connectivity index (χ2v) is 3.83. The van der Waals surface area contributed by atoms with Crippen LogP contribution in [0.3, 0.4) is 0 Å². The Morgan fingerprint density at radius 2 is 2.12 bits per heavy atom. The van der Waals surface area contributed by atoms with E-state index in [2.05, 4.69) is 17.2 Å². The van der Waals surface area contributed by atoms with Crippen molar-refractivity contribution in [2.45, 2.75) is 19.8 Å². The van der Waals surface area contributed by atoms with Crippen LogP contribution in [0.15, 0.2) is 24.3 Å². The van der Waals surface area contributed by atoms with Gasteiger partial charge in [-0.2, -0.15) is 0 Å². The van der Waals surface area contributed by atoms with Crippen LogP contribution in [0.5, 0.6) is 0 Å². The number of nitrogens with one attached hydrogen (secondary N) is 1. The number of halogens is 1. The topological polar surface area (TPSA) is 24.9 Å². The molecule has 16 heavy (non-hydrogen) atoms. The van der Waals surface area contributed by atoms with Gasteiger partial charge < -0.3 is 5.32 Å². The standard InChI is InChI=1S/C13H15FN2/c1-3-4-9-7-10-8-11(14)5-6-12(10)16-13(9)15-2/h5-8H,3-4H2,1-2H3,(H,15,16). The fourth-order valence-electron chi connectivity index (χ4n) is 1.87. The van der Waals surface area contributed by atoms with E-state index < -0.39 is 0 Å². The number of aromatic nitrogens is 1. The molecule has 0 aliphatic rings. The Balaban J connectivity index is 2.60. The molecule has 2 rings (SSSR count). The summed E-state index contributed by atoms with van der Waals surface area (Å²) in [7, 11) is 1.86. The summed E-state index contributed by atoms with van der Waals surface area (Å²) in [5, 5.41) is 3.95. The van der Waals surface area contributed by atoms with Crippen LogP contribution in [0, 0.1) is 5.82 Å². The fraction of sp³-hybridized carbons (Fsp3) is 0.308. The van der Waals surface area contributed by atoms with Gasteiger partial charge in [0.15, 0.2) is 0 Å². The van der Waals surface area contributed by atoms with Crippen molar-refractivity contribution in [2.75, 3.05) is 12.4 Å². The lowest BCUT2D eigenvalue weighted by molar-refractivity contribution is 0.629. The molecule has 2 aromatic rings. The van der Waals surface area contributed by atoms with Gasteiger partial charge in [-0.05, 0) is 36.2 Å². The van der Waals surface area contributed by atoms with Crippen molar-refractivity contribution in [3.63, 3.8) is 0 Å². The Bertz CT molecular complexity index is 509. The van der Waals surface area contributed by atoms with E-state index >= 15 is 0 Å². The Labute approximate surface area is 94.5 Å². The molecule has 0 saturated heterocycles. The van der Waals surface area contributed by atoms with E-state index in [9.17, 15) is 4.39 Å². The lowest BCUT2D eigenvalue weighted by atomic mass is 10.1. The number of hydrogen-bond acceptors (Lipinski definition) is 2. The average Bonchev–Trinajstić information content (AvgIpc) is 2.28. The molecule has 1 heterocycles. The summed E-state index contributed by atoms with van der Waals surface area (Å²) in [6.45, 7) is 2.12. The normalized spacial score (nSPS) is 10.7. The number of benzene rings is 1. The maximum Gasteiger partial charge on any atom is 0.129 e. The highest BCUT2D eigenvalue weighted by molar-refractivity contribution is 5.81. The molecule has 0 aliphatic heterocycles. The molecule has 0 spiro atoms. The monoisotopic (exact) mass is 218 g/mol. The van der Waals surface area contributed by atoms with Gasteiger partial charge in [0.1, 0.15) is 11.6 Å². The summed E-state index contributed by atoms with van der Waals surface area (Å²) < 4.78 is 13.1. The van der Waals surface area contributed by atoms with Crippen LogP contribution in [-0.2, 0) is 6.42 Å². The number of rotatable bonds is 3. The van der Waals surface area contributed by atoms with Crippen LogP contribution in [0.2, 0.25) is 0 Å². The Morgan fingerprint density at radius 3 is 2.81 bits per heavy atom. The van der Waals surface area contributed by atoms with E-state index in [1.165, 1.54) is 12.1 Å². The predicted molar refractivity (Wildman–Crippen MR) is 65.2 cm³/mol. The molecule has 84 valence electrons.